The molecule has 0 fully saturated rings. The second kappa shape index (κ2) is 6.79. The Labute approximate surface area is 149 Å². The molecule has 132 valence electrons. The summed E-state index contributed by atoms with van der Waals surface area (Å²) < 4.78 is 4.69. The SMILES string of the molecule is COC(=O)c1ccccc1NC(=O)[C@@H](C)N1C(=O)c2ccccc2C1=O. The molecule has 3 amide bonds. The van der Waals surface area contributed by atoms with Gasteiger partial charge in [0.25, 0.3) is 11.8 Å². The third kappa shape index (κ3) is 2.83. The maximum Gasteiger partial charge on any atom is 0.339 e. The molecule has 26 heavy (non-hydrogen) atoms. The Bertz CT molecular complexity index is 887. The zero-order chi connectivity index (χ0) is 18.8. The zero-order valence-electron chi connectivity index (χ0n) is 14.2. The number of methoxy groups -OCH3 is 1. The number of rotatable bonds is 4. The first-order valence-corrected chi connectivity index (χ1v) is 7.91. The standard InChI is InChI=1S/C19H16N2O5/c1-11(21-17(23)12-7-3-4-8-13(12)18(21)24)16(22)20-15-10-6-5-9-14(15)19(25)26-2/h3-11H,1-2H3,(H,20,22)/t11-/m1/s1. The van der Waals surface area contributed by atoms with Gasteiger partial charge >= 0.3 is 5.97 Å². The van der Waals surface area contributed by atoms with Crippen molar-refractivity contribution in [2.45, 2.75) is 13.0 Å². The molecule has 1 heterocycles. The number of hydrogen-bond acceptors (Lipinski definition) is 5. The maximum atomic E-state index is 12.6. The number of imide groups is 1. The molecule has 2 aromatic carbocycles. The average Bonchev–Trinajstić information content (AvgIpc) is 2.92. The van der Waals surface area contributed by atoms with E-state index >= 15 is 0 Å². The summed E-state index contributed by atoms with van der Waals surface area (Å²) in [6.45, 7) is 1.46. The summed E-state index contributed by atoms with van der Waals surface area (Å²) in [5, 5.41) is 2.58. The number of nitrogens with one attached hydrogen (secondary N) is 1. The van der Waals surface area contributed by atoms with Crippen molar-refractivity contribution in [2.24, 2.45) is 0 Å². The van der Waals surface area contributed by atoms with Crippen LogP contribution in [0.15, 0.2) is 48.5 Å². The molecule has 1 aliphatic rings. The van der Waals surface area contributed by atoms with Gasteiger partial charge in [0, 0.05) is 0 Å². The molecular formula is C19H16N2O5. The second-order valence-corrected chi connectivity index (χ2v) is 5.73. The highest BCUT2D eigenvalue weighted by Crippen LogP contribution is 2.25. The lowest BCUT2D eigenvalue weighted by Gasteiger charge is -2.22. The van der Waals surface area contributed by atoms with Crippen LogP contribution >= 0.6 is 0 Å². The molecule has 1 N–H and O–H groups in total. The lowest BCUT2D eigenvalue weighted by molar-refractivity contribution is -0.119. The first kappa shape index (κ1) is 17.3. The smallest absolute Gasteiger partial charge is 0.339 e. The van der Waals surface area contributed by atoms with Crippen LogP contribution in [0.5, 0.6) is 0 Å². The number of carbonyl (C=O) groups excluding carboxylic acids is 4. The highest BCUT2D eigenvalue weighted by molar-refractivity contribution is 6.23. The van der Waals surface area contributed by atoms with Gasteiger partial charge in [-0.15, -0.1) is 0 Å². The van der Waals surface area contributed by atoms with E-state index in [4.69, 9.17) is 0 Å². The molecular weight excluding hydrogens is 336 g/mol. The molecule has 2 aromatic rings. The fraction of sp³-hybridized carbons (Fsp3) is 0.158. The minimum Gasteiger partial charge on any atom is -0.465 e. The molecule has 0 spiro atoms. The van der Waals surface area contributed by atoms with Gasteiger partial charge in [-0.2, -0.15) is 0 Å². The number of nitrogens with zero attached hydrogens (tertiary/aromatic N) is 1. The monoisotopic (exact) mass is 352 g/mol. The number of anilines is 1. The second-order valence-electron chi connectivity index (χ2n) is 5.73. The Balaban J connectivity index is 1.83. The number of esters is 1. The van der Waals surface area contributed by atoms with E-state index in [1.807, 2.05) is 0 Å². The Hall–Kier alpha value is -3.48. The van der Waals surface area contributed by atoms with Crippen LogP contribution < -0.4 is 5.32 Å². The third-order valence-corrected chi connectivity index (χ3v) is 4.18. The fourth-order valence-corrected chi connectivity index (χ4v) is 2.79. The maximum absolute atomic E-state index is 12.6. The molecule has 3 rings (SSSR count). The molecule has 1 atom stereocenters. The molecule has 7 nitrogen and oxygen atoms in total. The van der Waals surface area contributed by atoms with Gasteiger partial charge in [-0.1, -0.05) is 24.3 Å². The predicted molar refractivity (Wildman–Crippen MR) is 92.8 cm³/mol. The zero-order valence-corrected chi connectivity index (χ0v) is 14.2. The van der Waals surface area contributed by atoms with E-state index in [9.17, 15) is 19.2 Å². The van der Waals surface area contributed by atoms with Gasteiger partial charge in [0.1, 0.15) is 6.04 Å². The Kier molecular flexibility index (Phi) is 4.53. The molecule has 1 aliphatic heterocycles. The van der Waals surface area contributed by atoms with Crippen LogP contribution in [0.2, 0.25) is 0 Å². The first-order valence-electron chi connectivity index (χ1n) is 7.91. The molecule has 0 bridgehead atoms. The van der Waals surface area contributed by atoms with E-state index in [0.717, 1.165) is 4.90 Å². The van der Waals surface area contributed by atoms with Gasteiger partial charge < -0.3 is 10.1 Å². The highest BCUT2D eigenvalue weighted by Gasteiger charge is 2.40. The van der Waals surface area contributed by atoms with Crippen LogP contribution in [0.1, 0.15) is 38.0 Å². The molecule has 0 aliphatic carbocycles. The van der Waals surface area contributed by atoms with Crippen molar-refractivity contribution in [3.63, 3.8) is 0 Å². The summed E-state index contributed by atoms with van der Waals surface area (Å²) in [6.07, 6.45) is 0. The van der Waals surface area contributed by atoms with Gasteiger partial charge in [0.2, 0.25) is 5.91 Å². The van der Waals surface area contributed by atoms with E-state index in [2.05, 4.69) is 10.1 Å². The number of hydrogen-bond donors (Lipinski definition) is 1. The van der Waals surface area contributed by atoms with Crippen molar-refractivity contribution in [2.75, 3.05) is 12.4 Å². The number of ether oxygens (including phenoxy) is 1. The van der Waals surface area contributed by atoms with Crippen molar-refractivity contribution in [1.29, 1.82) is 0 Å². The van der Waals surface area contributed by atoms with Crippen molar-refractivity contribution >= 4 is 29.4 Å². The number of fused-ring (bicyclic) bond motifs is 1. The third-order valence-electron chi connectivity index (χ3n) is 4.18. The number of para-hydroxylation sites is 1. The quantitative estimate of drug-likeness (QED) is 0.672. The van der Waals surface area contributed by atoms with Crippen LogP contribution in [-0.4, -0.2) is 41.7 Å². The Morgan fingerprint density at radius 1 is 0.962 bits per heavy atom. The number of carbonyl (C=O) groups is 4. The van der Waals surface area contributed by atoms with E-state index in [0.29, 0.717) is 0 Å². The normalized spacial score (nSPS) is 14.0. The minimum atomic E-state index is -1.05. The predicted octanol–water partition coefficient (Wildman–Crippen LogP) is 2.10. The van der Waals surface area contributed by atoms with E-state index in [1.54, 1.807) is 42.5 Å². The first-order chi connectivity index (χ1) is 12.5. The fourth-order valence-electron chi connectivity index (χ4n) is 2.79. The summed E-state index contributed by atoms with van der Waals surface area (Å²) >= 11 is 0. The van der Waals surface area contributed by atoms with Crippen LogP contribution in [0, 0.1) is 0 Å². The van der Waals surface area contributed by atoms with E-state index < -0.39 is 29.7 Å². The van der Waals surface area contributed by atoms with Crippen LogP contribution in [0.3, 0.4) is 0 Å². The van der Waals surface area contributed by atoms with Crippen LogP contribution in [0.4, 0.5) is 5.69 Å². The van der Waals surface area contributed by atoms with E-state index in [1.165, 1.54) is 20.1 Å². The summed E-state index contributed by atoms with van der Waals surface area (Å²) in [5.41, 5.74) is 0.963. The molecule has 0 radical (unpaired) electrons. The van der Waals surface area contributed by atoms with Crippen molar-refractivity contribution < 1.29 is 23.9 Å². The molecule has 7 heteroatoms. The van der Waals surface area contributed by atoms with Crippen LogP contribution in [-0.2, 0) is 9.53 Å². The van der Waals surface area contributed by atoms with Crippen molar-refractivity contribution in [3.8, 4) is 0 Å². The van der Waals surface area contributed by atoms with Crippen molar-refractivity contribution in [1.82, 2.24) is 4.90 Å². The van der Waals surface area contributed by atoms with Gasteiger partial charge in [0.05, 0.1) is 29.5 Å². The lowest BCUT2D eigenvalue weighted by Crippen LogP contribution is -2.45. The number of amides is 3. The van der Waals surface area contributed by atoms with Gasteiger partial charge in [0.15, 0.2) is 0 Å². The summed E-state index contributed by atoms with van der Waals surface area (Å²) in [6, 6.07) is 11.7. The molecule has 0 saturated heterocycles. The molecule has 0 unspecified atom stereocenters. The minimum absolute atomic E-state index is 0.179. The van der Waals surface area contributed by atoms with Crippen LogP contribution in [0.25, 0.3) is 0 Å². The topological polar surface area (TPSA) is 92.8 Å². The van der Waals surface area contributed by atoms with Gasteiger partial charge in [-0.3, -0.25) is 19.3 Å². The highest BCUT2D eigenvalue weighted by atomic mass is 16.5. The summed E-state index contributed by atoms with van der Waals surface area (Å²) in [7, 11) is 1.24. The Morgan fingerprint density at radius 3 is 2.08 bits per heavy atom. The summed E-state index contributed by atoms with van der Waals surface area (Å²) in [4.78, 5) is 50.3. The van der Waals surface area contributed by atoms with Gasteiger partial charge in [-0.25, -0.2) is 4.79 Å². The average molecular weight is 352 g/mol. The van der Waals surface area contributed by atoms with Crippen molar-refractivity contribution in [3.05, 3.63) is 65.2 Å². The number of benzene rings is 2. The Morgan fingerprint density at radius 2 is 1.50 bits per heavy atom. The summed E-state index contributed by atoms with van der Waals surface area (Å²) in [5.74, 6) is -2.23. The lowest BCUT2D eigenvalue weighted by atomic mass is 10.1. The van der Waals surface area contributed by atoms with E-state index in [-0.39, 0.29) is 22.4 Å². The molecule has 0 saturated carbocycles. The van der Waals surface area contributed by atoms with Gasteiger partial charge in [-0.05, 0) is 31.2 Å². The molecule has 0 aromatic heterocycles. The largest absolute Gasteiger partial charge is 0.465 e.